The van der Waals surface area contributed by atoms with Crippen molar-refractivity contribution in [2.45, 2.75) is 44.9 Å². The normalized spacial score (nSPS) is 15.4. The quantitative estimate of drug-likeness (QED) is 0.554. The van der Waals surface area contributed by atoms with Crippen LogP contribution >= 0.6 is 0 Å². The summed E-state index contributed by atoms with van der Waals surface area (Å²) in [6.45, 7) is 0. The smallest absolute Gasteiger partial charge is 0.337 e. The fraction of sp³-hybridized carbons (Fsp3) is 0.409. The Balaban J connectivity index is 1.81. The van der Waals surface area contributed by atoms with Crippen molar-refractivity contribution in [1.82, 2.24) is 4.98 Å². The van der Waals surface area contributed by atoms with Crippen LogP contribution in [0.4, 0.5) is 11.5 Å². The number of pyridine rings is 1. The maximum atomic E-state index is 11.8. The van der Waals surface area contributed by atoms with Gasteiger partial charge in [-0.3, -0.25) is 0 Å². The Kier molecular flexibility index (Phi) is 6.58. The van der Waals surface area contributed by atoms with E-state index in [9.17, 15) is 4.79 Å². The van der Waals surface area contributed by atoms with E-state index in [1.165, 1.54) is 39.2 Å². The second-order valence-electron chi connectivity index (χ2n) is 7.05. The van der Waals surface area contributed by atoms with Crippen LogP contribution in [0.1, 0.15) is 60.9 Å². The number of benzene rings is 1. The lowest BCUT2D eigenvalue weighted by molar-refractivity contribution is 0.0601. The van der Waals surface area contributed by atoms with E-state index in [1.54, 1.807) is 24.4 Å². The van der Waals surface area contributed by atoms with Crippen molar-refractivity contribution in [2.75, 3.05) is 12.4 Å². The first-order valence-electron chi connectivity index (χ1n) is 9.68. The van der Waals surface area contributed by atoms with Crippen molar-refractivity contribution in [3.63, 3.8) is 0 Å². The SMILES string of the molecule is COC(=O)c1cccc(Nc2ncccc2C(=N)C2CCCCCCC2)c1. The molecule has 2 aromatic rings. The van der Waals surface area contributed by atoms with Gasteiger partial charge in [0, 0.05) is 29.1 Å². The minimum absolute atomic E-state index is 0.288. The van der Waals surface area contributed by atoms with Crippen LogP contribution in [-0.4, -0.2) is 23.8 Å². The van der Waals surface area contributed by atoms with Crippen LogP contribution in [0.25, 0.3) is 0 Å². The number of ether oxygens (including phenoxy) is 1. The van der Waals surface area contributed by atoms with Crippen molar-refractivity contribution in [3.8, 4) is 0 Å². The van der Waals surface area contributed by atoms with Gasteiger partial charge in [-0.1, -0.05) is 38.2 Å². The summed E-state index contributed by atoms with van der Waals surface area (Å²) in [5, 5.41) is 12.1. The van der Waals surface area contributed by atoms with E-state index in [4.69, 9.17) is 10.1 Å². The predicted molar refractivity (Wildman–Crippen MR) is 108 cm³/mol. The van der Waals surface area contributed by atoms with E-state index >= 15 is 0 Å². The van der Waals surface area contributed by atoms with Gasteiger partial charge in [0.15, 0.2) is 0 Å². The lowest BCUT2D eigenvalue weighted by Crippen LogP contribution is -2.18. The number of nitrogens with one attached hydrogen (secondary N) is 2. The van der Waals surface area contributed by atoms with E-state index < -0.39 is 0 Å². The van der Waals surface area contributed by atoms with Crippen molar-refractivity contribution >= 4 is 23.2 Å². The second kappa shape index (κ2) is 9.31. The fourth-order valence-corrected chi connectivity index (χ4v) is 3.67. The molecule has 1 aliphatic rings. The van der Waals surface area contributed by atoms with Crippen molar-refractivity contribution in [3.05, 3.63) is 53.7 Å². The van der Waals surface area contributed by atoms with Gasteiger partial charge in [-0.05, 0) is 43.2 Å². The summed E-state index contributed by atoms with van der Waals surface area (Å²) < 4.78 is 4.79. The number of hydrogen-bond acceptors (Lipinski definition) is 5. The summed E-state index contributed by atoms with van der Waals surface area (Å²) in [4.78, 5) is 16.2. The highest BCUT2D eigenvalue weighted by atomic mass is 16.5. The topological polar surface area (TPSA) is 75.1 Å². The second-order valence-corrected chi connectivity index (χ2v) is 7.05. The number of nitrogens with zero attached hydrogens (tertiary/aromatic N) is 1. The monoisotopic (exact) mass is 365 g/mol. The molecule has 2 N–H and O–H groups in total. The van der Waals surface area contributed by atoms with Crippen LogP contribution in [0.2, 0.25) is 0 Å². The average molecular weight is 365 g/mol. The molecule has 27 heavy (non-hydrogen) atoms. The Labute approximate surface area is 160 Å². The first kappa shape index (κ1) is 19.1. The van der Waals surface area contributed by atoms with Gasteiger partial charge in [-0.25, -0.2) is 9.78 Å². The molecule has 1 saturated carbocycles. The van der Waals surface area contributed by atoms with Gasteiger partial charge >= 0.3 is 5.97 Å². The predicted octanol–water partition coefficient (Wildman–Crippen LogP) is 5.34. The third-order valence-corrected chi connectivity index (χ3v) is 5.16. The maximum Gasteiger partial charge on any atom is 0.337 e. The zero-order valence-electron chi connectivity index (χ0n) is 15.8. The molecule has 0 bridgehead atoms. The Morgan fingerprint density at radius 3 is 2.59 bits per heavy atom. The molecule has 0 amide bonds. The van der Waals surface area contributed by atoms with Crippen LogP contribution in [0.15, 0.2) is 42.6 Å². The summed E-state index contributed by atoms with van der Waals surface area (Å²) in [6.07, 6.45) is 10.1. The van der Waals surface area contributed by atoms with Crippen LogP contribution < -0.4 is 5.32 Å². The van der Waals surface area contributed by atoms with Crippen LogP contribution in [0, 0.1) is 11.3 Å². The van der Waals surface area contributed by atoms with Gasteiger partial charge in [0.25, 0.3) is 0 Å². The Morgan fingerprint density at radius 2 is 1.85 bits per heavy atom. The molecule has 3 rings (SSSR count). The number of anilines is 2. The molecular formula is C22H27N3O2. The minimum Gasteiger partial charge on any atom is -0.465 e. The lowest BCUT2D eigenvalue weighted by Gasteiger charge is -2.22. The molecular weight excluding hydrogens is 338 g/mol. The molecule has 5 heteroatoms. The van der Waals surface area contributed by atoms with E-state index in [0.717, 1.165) is 24.1 Å². The fourth-order valence-electron chi connectivity index (χ4n) is 3.67. The summed E-state index contributed by atoms with van der Waals surface area (Å²) in [5.74, 6) is 0.574. The Hall–Kier alpha value is -2.69. The summed E-state index contributed by atoms with van der Waals surface area (Å²) in [6, 6.07) is 11.0. The van der Waals surface area contributed by atoms with Crippen molar-refractivity contribution in [2.24, 2.45) is 5.92 Å². The highest BCUT2D eigenvalue weighted by molar-refractivity contribution is 6.04. The van der Waals surface area contributed by atoms with Gasteiger partial charge in [0.1, 0.15) is 5.82 Å². The molecule has 0 spiro atoms. The Bertz CT molecular complexity index is 796. The number of rotatable bonds is 5. The first-order chi connectivity index (χ1) is 13.2. The molecule has 0 saturated heterocycles. The minimum atomic E-state index is -0.373. The highest BCUT2D eigenvalue weighted by Crippen LogP contribution is 2.28. The highest BCUT2D eigenvalue weighted by Gasteiger charge is 2.20. The summed E-state index contributed by atoms with van der Waals surface area (Å²) >= 11 is 0. The van der Waals surface area contributed by atoms with E-state index in [1.807, 2.05) is 18.2 Å². The van der Waals surface area contributed by atoms with E-state index in [0.29, 0.717) is 17.1 Å². The van der Waals surface area contributed by atoms with Crippen LogP contribution in [-0.2, 0) is 4.74 Å². The number of carbonyl (C=O) groups is 1. The maximum absolute atomic E-state index is 11.8. The molecule has 0 aliphatic heterocycles. The zero-order valence-corrected chi connectivity index (χ0v) is 15.8. The molecule has 5 nitrogen and oxygen atoms in total. The van der Waals surface area contributed by atoms with Crippen LogP contribution in [0.3, 0.4) is 0 Å². The largest absolute Gasteiger partial charge is 0.465 e. The number of hydrogen-bond donors (Lipinski definition) is 2. The number of methoxy groups -OCH3 is 1. The van der Waals surface area contributed by atoms with E-state index in [2.05, 4.69) is 10.3 Å². The van der Waals surface area contributed by atoms with Gasteiger partial charge in [0.05, 0.1) is 12.7 Å². The molecule has 142 valence electrons. The molecule has 0 radical (unpaired) electrons. The standard InChI is InChI=1S/C22H27N3O2/c1-27-22(26)17-11-7-12-18(15-17)25-21-19(13-8-14-24-21)20(23)16-9-5-3-2-4-6-10-16/h7-8,11-16,23H,2-6,9-10H2,1H3,(H,24,25). The molecule has 0 atom stereocenters. The third-order valence-electron chi connectivity index (χ3n) is 5.16. The molecule has 0 unspecified atom stereocenters. The molecule has 1 heterocycles. The zero-order chi connectivity index (χ0) is 19.1. The van der Waals surface area contributed by atoms with Crippen molar-refractivity contribution < 1.29 is 9.53 Å². The van der Waals surface area contributed by atoms with Gasteiger partial charge in [0.2, 0.25) is 0 Å². The number of esters is 1. The molecule has 1 aromatic carbocycles. The molecule has 1 aliphatic carbocycles. The lowest BCUT2D eigenvalue weighted by atomic mass is 9.85. The summed E-state index contributed by atoms with van der Waals surface area (Å²) in [7, 11) is 1.37. The molecule has 1 aromatic heterocycles. The Morgan fingerprint density at radius 1 is 1.11 bits per heavy atom. The first-order valence-corrected chi connectivity index (χ1v) is 9.68. The van der Waals surface area contributed by atoms with Crippen molar-refractivity contribution in [1.29, 1.82) is 5.41 Å². The summed E-state index contributed by atoms with van der Waals surface area (Å²) in [5.41, 5.74) is 2.74. The van der Waals surface area contributed by atoms with Crippen LogP contribution in [0.5, 0.6) is 0 Å². The van der Waals surface area contributed by atoms with E-state index in [-0.39, 0.29) is 11.9 Å². The number of carbonyl (C=O) groups excluding carboxylic acids is 1. The van der Waals surface area contributed by atoms with Gasteiger partial charge < -0.3 is 15.5 Å². The van der Waals surface area contributed by atoms with Gasteiger partial charge in [-0.15, -0.1) is 0 Å². The third kappa shape index (κ3) is 4.94. The number of aromatic nitrogens is 1. The van der Waals surface area contributed by atoms with Gasteiger partial charge in [-0.2, -0.15) is 0 Å². The average Bonchev–Trinajstić information content (AvgIpc) is 2.67. The molecule has 1 fully saturated rings.